The van der Waals surface area contributed by atoms with Crippen molar-refractivity contribution in [2.75, 3.05) is 13.6 Å². The summed E-state index contributed by atoms with van der Waals surface area (Å²) in [7, 11) is 1.78. The molecule has 1 aromatic heterocycles. The number of nitrogens with one attached hydrogen (secondary N) is 3. The second kappa shape index (κ2) is 9.36. The lowest BCUT2D eigenvalue weighted by molar-refractivity contribution is 0.314. The second-order valence-corrected chi connectivity index (χ2v) is 6.63. The molecule has 1 aromatic carbocycles. The Kier molecular flexibility index (Phi) is 7.47. The predicted octanol–water partition coefficient (Wildman–Crippen LogP) is 3.32. The molecule has 130 valence electrons. The summed E-state index contributed by atoms with van der Waals surface area (Å²) in [6.45, 7) is 1.55. The fourth-order valence-electron chi connectivity index (χ4n) is 2.43. The van der Waals surface area contributed by atoms with Crippen LogP contribution in [0.3, 0.4) is 0 Å². The molecule has 0 bridgehead atoms. The average molecular weight is 505 g/mol. The van der Waals surface area contributed by atoms with Gasteiger partial charge in [-0.2, -0.15) is 5.10 Å². The molecule has 6 nitrogen and oxygen atoms in total. The molecule has 0 radical (unpaired) electrons. The largest absolute Gasteiger partial charge is 0.356 e. The molecule has 0 spiro atoms. The van der Waals surface area contributed by atoms with Crippen molar-refractivity contribution in [3.63, 3.8) is 0 Å². The topological polar surface area (TPSA) is 78.0 Å². The first-order valence-electron chi connectivity index (χ1n) is 7.86. The van der Waals surface area contributed by atoms with Gasteiger partial charge in [-0.3, -0.25) is 10.1 Å². The Morgan fingerprint density at radius 1 is 1.29 bits per heavy atom. The summed E-state index contributed by atoms with van der Waals surface area (Å²) in [6.07, 6.45) is 4.00. The molecule has 0 amide bonds. The molecule has 1 aliphatic carbocycles. The third-order valence-electron chi connectivity index (χ3n) is 4.06. The smallest absolute Gasteiger partial charge is 0.191 e. The Balaban J connectivity index is 0.00000208. The molecule has 3 rings (SSSR count). The van der Waals surface area contributed by atoms with Crippen LogP contribution < -0.4 is 10.6 Å². The number of hydrogen-bond donors (Lipinski definition) is 3. The number of rotatable bonds is 5. The number of nitrogens with zero attached hydrogens (tertiary/aromatic N) is 3. The highest BCUT2D eigenvalue weighted by molar-refractivity contribution is 14.0. The first-order valence-corrected chi connectivity index (χ1v) is 8.65. The van der Waals surface area contributed by atoms with Crippen molar-refractivity contribution >= 4 is 45.9 Å². The van der Waals surface area contributed by atoms with Gasteiger partial charge in [-0.15, -0.1) is 24.0 Å². The molecular formula is C16H22BrIN6. The van der Waals surface area contributed by atoms with Gasteiger partial charge >= 0.3 is 0 Å². The normalized spacial score (nSPS) is 14.7. The molecule has 24 heavy (non-hydrogen) atoms. The monoisotopic (exact) mass is 504 g/mol. The first-order chi connectivity index (χ1) is 11.2. The van der Waals surface area contributed by atoms with Crippen LogP contribution in [0.2, 0.25) is 0 Å². The molecule has 8 heteroatoms. The second-order valence-electron chi connectivity index (χ2n) is 5.72. The minimum atomic E-state index is 0. The lowest BCUT2D eigenvalue weighted by Gasteiger charge is -2.26. The van der Waals surface area contributed by atoms with Crippen molar-refractivity contribution < 1.29 is 0 Å². The molecule has 0 saturated heterocycles. The maximum absolute atomic E-state index is 4.51. The van der Waals surface area contributed by atoms with E-state index in [0.717, 1.165) is 34.3 Å². The number of H-pyrrole nitrogens is 1. The molecule has 1 fully saturated rings. The van der Waals surface area contributed by atoms with Gasteiger partial charge in [0.1, 0.15) is 5.82 Å². The maximum Gasteiger partial charge on any atom is 0.191 e. The summed E-state index contributed by atoms with van der Waals surface area (Å²) in [5.41, 5.74) is 0.989. The Hall–Kier alpha value is -1.16. The third kappa shape index (κ3) is 5.17. The zero-order valence-electron chi connectivity index (χ0n) is 13.6. The fourth-order valence-corrected chi connectivity index (χ4v) is 2.69. The van der Waals surface area contributed by atoms with E-state index >= 15 is 0 Å². The standard InChI is InChI=1S/C16H21BrN6.HI/c1-18-16(19-9-11-3-2-4-11)20-10-14-21-15(23-22-14)12-5-7-13(17)8-6-12;/h5-8,11H,2-4,9-10H2,1H3,(H2,18,19,20)(H,21,22,23);1H. The van der Waals surface area contributed by atoms with E-state index < -0.39 is 0 Å². The lowest BCUT2D eigenvalue weighted by atomic mass is 9.85. The number of aromatic amines is 1. The van der Waals surface area contributed by atoms with Crippen molar-refractivity contribution in [2.24, 2.45) is 10.9 Å². The van der Waals surface area contributed by atoms with Crippen LogP contribution >= 0.6 is 39.9 Å². The summed E-state index contributed by atoms with van der Waals surface area (Å²) >= 11 is 3.43. The van der Waals surface area contributed by atoms with Gasteiger partial charge in [-0.1, -0.05) is 34.5 Å². The highest BCUT2D eigenvalue weighted by Gasteiger charge is 2.17. The molecule has 0 unspecified atom stereocenters. The summed E-state index contributed by atoms with van der Waals surface area (Å²) in [6, 6.07) is 7.94. The number of benzene rings is 1. The lowest BCUT2D eigenvalue weighted by Crippen LogP contribution is -2.40. The highest BCUT2D eigenvalue weighted by Crippen LogP contribution is 2.25. The van der Waals surface area contributed by atoms with E-state index in [1.54, 1.807) is 7.05 Å². The average Bonchev–Trinajstić information content (AvgIpc) is 2.98. The summed E-state index contributed by atoms with van der Waals surface area (Å²) in [5, 5.41) is 13.9. The zero-order valence-corrected chi connectivity index (χ0v) is 17.5. The summed E-state index contributed by atoms with van der Waals surface area (Å²) < 4.78 is 1.04. The fraction of sp³-hybridized carbons (Fsp3) is 0.438. The van der Waals surface area contributed by atoms with E-state index in [1.165, 1.54) is 19.3 Å². The summed E-state index contributed by atoms with van der Waals surface area (Å²) in [5.74, 6) is 3.09. The van der Waals surface area contributed by atoms with Gasteiger partial charge in [0.2, 0.25) is 0 Å². The van der Waals surface area contributed by atoms with Crippen LogP contribution in [-0.2, 0) is 6.54 Å². The molecule has 3 N–H and O–H groups in total. The molecule has 1 heterocycles. The highest BCUT2D eigenvalue weighted by atomic mass is 127. The first kappa shape index (κ1) is 19.2. The number of hydrogen-bond acceptors (Lipinski definition) is 3. The van der Waals surface area contributed by atoms with Gasteiger partial charge in [0, 0.05) is 23.6 Å². The maximum atomic E-state index is 4.51. The molecule has 0 aliphatic heterocycles. The van der Waals surface area contributed by atoms with Crippen LogP contribution in [0.1, 0.15) is 25.1 Å². The molecule has 2 aromatic rings. The van der Waals surface area contributed by atoms with Gasteiger partial charge in [-0.05, 0) is 30.9 Å². The van der Waals surface area contributed by atoms with Gasteiger partial charge in [0.25, 0.3) is 0 Å². The van der Waals surface area contributed by atoms with E-state index in [2.05, 4.69) is 46.7 Å². The minimum Gasteiger partial charge on any atom is -0.356 e. The number of guanidine groups is 1. The van der Waals surface area contributed by atoms with Gasteiger partial charge in [0.05, 0.1) is 6.54 Å². The van der Waals surface area contributed by atoms with Crippen molar-refractivity contribution in [1.82, 2.24) is 25.8 Å². The van der Waals surface area contributed by atoms with Gasteiger partial charge < -0.3 is 10.6 Å². The molecule has 1 aliphatic rings. The van der Waals surface area contributed by atoms with Crippen molar-refractivity contribution in [3.8, 4) is 11.4 Å². The summed E-state index contributed by atoms with van der Waals surface area (Å²) in [4.78, 5) is 8.75. The molecule has 0 atom stereocenters. The Morgan fingerprint density at radius 3 is 2.67 bits per heavy atom. The van der Waals surface area contributed by atoms with Gasteiger partial charge in [0.15, 0.2) is 11.8 Å². The number of aromatic nitrogens is 3. The third-order valence-corrected chi connectivity index (χ3v) is 4.59. The van der Waals surface area contributed by atoms with Crippen LogP contribution in [0, 0.1) is 5.92 Å². The van der Waals surface area contributed by atoms with Gasteiger partial charge in [-0.25, -0.2) is 4.98 Å². The molecule has 1 saturated carbocycles. The SMILES string of the molecule is CN=C(NCc1nc(-c2ccc(Br)cc2)n[nH]1)NCC1CCC1.I. The Labute approximate surface area is 167 Å². The van der Waals surface area contributed by atoms with Crippen LogP contribution in [0.4, 0.5) is 0 Å². The van der Waals surface area contributed by atoms with Crippen molar-refractivity contribution in [2.45, 2.75) is 25.8 Å². The minimum absolute atomic E-state index is 0. The Bertz CT molecular complexity index is 665. The van der Waals surface area contributed by atoms with Crippen molar-refractivity contribution in [1.29, 1.82) is 0 Å². The quantitative estimate of drug-likeness (QED) is 0.331. The van der Waals surface area contributed by atoms with E-state index in [0.29, 0.717) is 12.4 Å². The Morgan fingerprint density at radius 2 is 2.04 bits per heavy atom. The van der Waals surface area contributed by atoms with E-state index in [9.17, 15) is 0 Å². The number of aliphatic imine (C=N–C) groups is 1. The van der Waals surface area contributed by atoms with E-state index in [1.807, 2.05) is 24.3 Å². The molecular weight excluding hydrogens is 483 g/mol. The van der Waals surface area contributed by atoms with Crippen LogP contribution in [0.5, 0.6) is 0 Å². The predicted molar refractivity (Wildman–Crippen MR) is 110 cm³/mol. The van der Waals surface area contributed by atoms with E-state index in [4.69, 9.17) is 0 Å². The van der Waals surface area contributed by atoms with Crippen LogP contribution in [0.25, 0.3) is 11.4 Å². The van der Waals surface area contributed by atoms with Crippen LogP contribution in [0.15, 0.2) is 33.7 Å². The van der Waals surface area contributed by atoms with Crippen molar-refractivity contribution in [3.05, 3.63) is 34.6 Å². The zero-order chi connectivity index (χ0) is 16.1. The van der Waals surface area contributed by atoms with Crippen LogP contribution in [-0.4, -0.2) is 34.7 Å². The number of halogens is 2. The van der Waals surface area contributed by atoms with E-state index in [-0.39, 0.29) is 24.0 Å².